The number of rotatable bonds is 7. The van der Waals surface area contributed by atoms with E-state index in [0.29, 0.717) is 16.3 Å². The maximum atomic E-state index is 15.1. The lowest BCUT2D eigenvalue weighted by Gasteiger charge is -2.27. The Morgan fingerprint density at radius 3 is 2.35 bits per heavy atom. The lowest BCUT2D eigenvalue weighted by atomic mass is 10.0. The average molecular weight is 447 g/mol. The Morgan fingerprint density at radius 1 is 1.10 bits per heavy atom. The van der Waals surface area contributed by atoms with Crippen LogP contribution in [0.2, 0.25) is 5.02 Å². The van der Waals surface area contributed by atoms with Crippen LogP contribution in [0.5, 0.6) is 23.3 Å². The molecule has 1 amide bonds. The molecule has 3 rings (SSSR count). The molecule has 1 heterocycles. The highest BCUT2D eigenvalue weighted by molar-refractivity contribution is 6.31. The summed E-state index contributed by atoms with van der Waals surface area (Å²) in [5, 5.41) is 2.89. The van der Waals surface area contributed by atoms with Gasteiger partial charge in [-0.1, -0.05) is 35.9 Å². The van der Waals surface area contributed by atoms with E-state index in [9.17, 15) is 4.79 Å². The van der Waals surface area contributed by atoms with E-state index in [0.717, 1.165) is 6.33 Å². The molecule has 2 aromatic carbocycles. The second-order valence-electron chi connectivity index (χ2n) is 6.38. The van der Waals surface area contributed by atoms with Crippen molar-refractivity contribution in [2.24, 2.45) is 5.73 Å². The van der Waals surface area contributed by atoms with Crippen LogP contribution < -0.4 is 20.5 Å². The molecule has 8 nitrogen and oxygen atoms in total. The number of nitrogens with one attached hydrogen (secondary N) is 1. The van der Waals surface area contributed by atoms with Crippen molar-refractivity contribution in [1.29, 1.82) is 0 Å². The summed E-state index contributed by atoms with van der Waals surface area (Å²) in [7, 11) is 2.69. The lowest BCUT2D eigenvalue weighted by molar-refractivity contribution is -0.143. The van der Waals surface area contributed by atoms with Gasteiger partial charge in [-0.2, -0.15) is 14.4 Å². The predicted molar refractivity (Wildman–Crippen MR) is 112 cm³/mol. The van der Waals surface area contributed by atoms with Crippen molar-refractivity contribution >= 4 is 17.5 Å². The first kappa shape index (κ1) is 22.4. The number of amides is 1. The van der Waals surface area contributed by atoms with Crippen LogP contribution in [-0.2, 0) is 15.3 Å². The van der Waals surface area contributed by atoms with Gasteiger partial charge in [-0.05, 0) is 25.1 Å². The summed E-state index contributed by atoms with van der Waals surface area (Å²) in [5.41, 5.74) is 5.07. The molecule has 0 aliphatic heterocycles. The standard InChI is InChI=1S/C21H20ClFN4O4/c1-12-14(22)8-6-10-15(12)30-18-17(23)19(27-11-26-18)31-16-9-5-4-7-13(16)21(24,29-3)20(28)25-2/h4-11H,24H2,1-3H3,(H,25,28). The highest BCUT2D eigenvalue weighted by Crippen LogP contribution is 2.36. The van der Waals surface area contributed by atoms with Crippen molar-refractivity contribution in [2.45, 2.75) is 12.6 Å². The fourth-order valence-electron chi connectivity index (χ4n) is 2.76. The van der Waals surface area contributed by atoms with Crippen LogP contribution in [0.15, 0.2) is 48.8 Å². The van der Waals surface area contributed by atoms with Gasteiger partial charge in [-0.3, -0.25) is 10.5 Å². The van der Waals surface area contributed by atoms with E-state index in [1.807, 2.05) is 0 Å². The zero-order valence-electron chi connectivity index (χ0n) is 17.0. The van der Waals surface area contributed by atoms with Gasteiger partial charge in [0.2, 0.25) is 11.5 Å². The molecule has 0 aliphatic rings. The zero-order chi connectivity index (χ0) is 22.6. The third-order valence-corrected chi connectivity index (χ3v) is 4.94. The van der Waals surface area contributed by atoms with Crippen LogP contribution in [0, 0.1) is 12.7 Å². The lowest BCUT2D eigenvalue weighted by Crippen LogP contribution is -2.51. The van der Waals surface area contributed by atoms with Crippen LogP contribution in [0.3, 0.4) is 0 Å². The molecule has 0 bridgehead atoms. The van der Waals surface area contributed by atoms with E-state index >= 15 is 4.39 Å². The van der Waals surface area contributed by atoms with Gasteiger partial charge in [0.25, 0.3) is 17.7 Å². The molecule has 0 spiro atoms. The average Bonchev–Trinajstić information content (AvgIpc) is 2.78. The highest BCUT2D eigenvalue weighted by Gasteiger charge is 2.38. The van der Waals surface area contributed by atoms with Crippen LogP contribution in [0.1, 0.15) is 11.1 Å². The molecule has 3 N–H and O–H groups in total. The fraction of sp³-hybridized carbons (Fsp3) is 0.190. The first-order valence-electron chi connectivity index (χ1n) is 9.08. The van der Waals surface area contributed by atoms with E-state index in [4.69, 9.17) is 31.5 Å². The van der Waals surface area contributed by atoms with Crippen LogP contribution in [-0.4, -0.2) is 30.0 Å². The number of carbonyl (C=O) groups is 1. The Labute approximate surface area is 183 Å². The third kappa shape index (κ3) is 4.43. The molecule has 1 aromatic heterocycles. The topological polar surface area (TPSA) is 109 Å². The van der Waals surface area contributed by atoms with E-state index < -0.39 is 23.3 Å². The summed E-state index contributed by atoms with van der Waals surface area (Å²) in [6.07, 6.45) is 1.08. The Morgan fingerprint density at radius 2 is 1.71 bits per heavy atom. The van der Waals surface area contributed by atoms with E-state index in [1.165, 1.54) is 26.3 Å². The summed E-state index contributed by atoms with van der Waals surface area (Å²) in [6, 6.07) is 11.3. The van der Waals surface area contributed by atoms with E-state index in [2.05, 4.69) is 15.3 Å². The minimum Gasteiger partial charge on any atom is -0.436 e. The summed E-state index contributed by atoms with van der Waals surface area (Å²) >= 11 is 6.08. The Bertz CT molecular complexity index is 1110. The minimum atomic E-state index is -1.87. The number of aromatic nitrogens is 2. The molecule has 1 atom stereocenters. The van der Waals surface area contributed by atoms with Gasteiger partial charge in [-0.15, -0.1) is 0 Å². The number of para-hydroxylation sites is 1. The minimum absolute atomic E-state index is 0.0675. The Balaban J connectivity index is 1.97. The van der Waals surface area contributed by atoms with E-state index in [-0.39, 0.29) is 17.2 Å². The Kier molecular flexibility index (Phi) is 6.69. The Hall–Kier alpha value is -3.27. The number of ether oxygens (including phenoxy) is 3. The largest absolute Gasteiger partial charge is 0.436 e. The predicted octanol–water partition coefficient (Wildman–Crippen LogP) is 3.67. The molecule has 0 fully saturated rings. The van der Waals surface area contributed by atoms with Gasteiger partial charge >= 0.3 is 0 Å². The molecule has 3 aromatic rings. The van der Waals surface area contributed by atoms with Crippen molar-refractivity contribution in [3.63, 3.8) is 0 Å². The maximum Gasteiger partial charge on any atom is 0.272 e. The second kappa shape index (κ2) is 9.25. The van der Waals surface area contributed by atoms with Gasteiger partial charge in [0, 0.05) is 24.7 Å². The first-order chi connectivity index (χ1) is 14.8. The molecular weight excluding hydrogens is 427 g/mol. The molecule has 0 aliphatic carbocycles. The number of likely N-dealkylation sites (N-methyl/N-ethyl adjacent to an activating group) is 1. The van der Waals surface area contributed by atoms with Gasteiger partial charge < -0.3 is 19.5 Å². The highest BCUT2D eigenvalue weighted by atomic mass is 35.5. The molecule has 31 heavy (non-hydrogen) atoms. The molecular formula is C21H20ClFN4O4. The number of methoxy groups -OCH3 is 1. The summed E-state index contributed by atoms with van der Waals surface area (Å²) in [5.74, 6) is -1.95. The number of benzene rings is 2. The SMILES string of the molecule is CNC(=O)C(N)(OC)c1ccccc1Oc1ncnc(Oc2cccc(Cl)c2C)c1F. The van der Waals surface area contributed by atoms with Crippen molar-refractivity contribution in [3.05, 3.63) is 70.8 Å². The first-order valence-corrected chi connectivity index (χ1v) is 9.46. The summed E-state index contributed by atoms with van der Waals surface area (Å²) in [6.45, 7) is 1.73. The van der Waals surface area contributed by atoms with Crippen LogP contribution in [0.25, 0.3) is 0 Å². The molecule has 0 saturated carbocycles. The van der Waals surface area contributed by atoms with Crippen molar-refractivity contribution in [2.75, 3.05) is 14.2 Å². The molecule has 162 valence electrons. The van der Waals surface area contributed by atoms with Gasteiger partial charge in [0.15, 0.2) is 0 Å². The number of carbonyl (C=O) groups excluding carboxylic acids is 1. The normalized spacial score (nSPS) is 12.7. The zero-order valence-corrected chi connectivity index (χ0v) is 17.7. The van der Waals surface area contributed by atoms with E-state index in [1.54, 1.807) is 37.3 Å². The monoisotopic (exact) mass is 446 g/mol. The number of hydrogen-bond donors (Lipinski definition) is 2. The molecule has 1 unspecified atom stereocenters. The number of nitrogens with zero attached hydrogens (tertiary/aromatic N) is 2. The van der Waals surface area contributed by atoms with Gasteiger partial charge in [-0.25, -0.2) is 0 Å². The van der Waals surface area contributed by atoms with Gasteiger partial charge in [0.1, 0.15) is 17.8 Å². The molecule has 0 saturated heterocycles. The fourth-order valence-corrected chi connectivity index (χ4v) is 2.93. The number of hydrogen-bond acceptors (Lipinski definition) is 7. The molecule has 0 radical (unpaired) electrons. The number of halogens is 2. The summed E-state index contributed by atoms with van der Waals surface area (Å²) in [4.78, 5) is 20.0. The van der Waals surface area contributed by atoms with Crippen molar-refractivity contribution in [3.8, 4) is 23.3 Å². The third-order valence-electron chi connectivity index (χ3n) is 4.53. The van der Waals surface area contributed by atoms with Gasteiger partial charge in [0.05, 0.1) is 5.56 Å². The molecule has 10 heteroatoms. The smallest absolute Gasteiger partial charge is 0.272 e. The van der Waals surface area contributed by atoms with Crippen molar-refractivity contribution in [1.82, 2.24) is 15.3 Å². The quantitative estimate of drug-likeness (QED) is 0.533. The second-order valence-corrected chi connectivity index (χ2v) is 6.79. The maximum absolute atomic E-state index is 15.1. The number of nitrogens with two attached hydrogens (primary N) is 1. The summed E-state index contributed by atoms with van der Waals surface area (Å²) < 4.78 is 31.5. The van der Waals surface area contributed by atoms with Crippen LogP contribution in [0.4, 0.5) is 4.39 Å². The van der Waals surface area contributed by atoms with Crippen molar-refractivity contribution < 1.29 is 23.4 Å². The van der Waals surface area contributed by atoms with Crippen LogP contribution >= 0.6 is 11.6 Å².